The lowest BCUT2D eigenvalue weighted by Gasteiger charge is -2.15. The number of nitrogens with zero attached hydrogens (tertiary/aromatic N) is 2. The van der Waals surface area contributed by atoms with Crippen molar-refractivity contribution in [1.82, 2.24) is 4.98 Å². The fourth-order valence-corrected chi connectivity index (χ4v) is 2.22. The van der Waals surface area contributed by atoms with Gasteiger partial charge in [-0.1, -0.05) is 28.4 Å². The van der Waals surface area contributed by atoms with Crippen molar-refractivity contribution >= 4 is 45.9 Å². The fourth-order valence-electron chi connectivity index (χ4n) is 1.79. The predicted molar refractivity (Wildman–Crippen MR) is 76.6 cm³/mol. The maximum Gasteiger partial charge on any atom is 0.358 e. The average Bonchev–Trinajstić information content (AvgIpc) is 2.89. The van der Waals surface area contributed by atoms with Crippen molar-refractivity contribution in [2.75, 3.05) is 12.4 Å². The molecule has 0 fully saturated rings. The number of oxime groups is 1. The number of amides is 1. The predicted octanol–water partition coefficient (Wildman–Crippen LogP) is 2.63. The van der Waals surface area contributed by atoms with E-state index in [0.717, 1.165) is 7.11 Å². The molecule has 1 aromatic rings. The number of pyridine rings is 1. The van der Waals surface area contributed by atoms with E-state index in [4.69, 9.17) is 28.0 Å². The van der Waals surface area contributed by atoms with E-state index in [1.54, 1.807) is 0 Å². The summed E-state index contributed by atoms with van der Waals surface area (Å²) >= 11 is 11.6. The Bertz CT molecular complexity index is 681. The van der Waals surface area contributed by atoms with E-state index in [2.05, 4.69) is 20.2 Å². The van der Waals surface area contributed by atoms with Gasteiger partial charge in [-0.3, -0.25) is 4.79 Å². The molecule has 2 heterocycles. The SMILES string of the molecule is COC(=O)c1nc(C2CC(Cl)=NO2)c(F)c(NC(C)=O)c1Cl. The first kappa shape index (κ1) is 16.4. The summed E-state index contributed by atoms with van der Waals surface area (Å²) in [6.45, 7) is 1.17. The van der Waals surface area contributed by atoms with E-state index in [1.807, 2.05) is 0 Å². The molecule has 22 heavy (non-hydrogen) atoms. The Morgan fingerprint density at radius 2 is 2.14 bits per heavy atom. The van der Waals surface area contributed by atoms with E-state index in [0.29, 0.717) is 0 Å². The summed E-state index contributed by atoms with van der Waals surface area (Å²) in [6.07, 6.45) is -0.853. The third kappa shape index (κ3) is 3.12. The molecule has 0 aliphatic carbocycles. The Hall–Kier alpha value is -1.93. The van der Waals surface area contributed by atoms with Crippen molar-refractivity contribution in [3.8, 4) is 0 Å². The van der Waals surface area contributed by atoms with Crippen molar-refractivity contribution in [3.05, 3.63) is 22.2 Å². The summed E-state index contributed by atoms with van der Waals surface area (Å²) in [6, 6.07) is 0. The molecule has 0 aromatic carbocycles. The highest BCUT2D eigenvalue weighted by molar-refractivity contribution is 6.65. The molecule has 0 saturated heterocycles. The standard InChI is InChI=1S/C12H10Cl2FN3O4/c1-4(19)16-10-7(14)11(12(20)21-2)17-9(8(10)15)5-3-6(13)18-22-5/h5H,3H2,1-2H3,(H,16,17,19). The number of hydrogen-bond donors (Lipinski definition) is 1. The van der Waals surface area contributed by atoms with Gasteiger partial charge in [0.1, 0.15) is 21.6 Å². The number of methoxy groups -OCH3 is 1. The molecular weight excluding hydrogens is 340 g/mol. The monoisotopic (exact) mass is 349 g/mol. The number of aromatic nitrogens is 1. The Labute approximate surface area is 134 Å². The minimum Gasteiger partial charge on any atom is -0.464 e. The Morgan fingerprint density at radius 3 is 2.64 bits per heavy atom. The van der Waals surface area contributed by atoms with Crippen molar-refractivity contribution in [2.24, 2.45) is 5.16 Å². The first-order chi connectivity index (χ1) is 10.3. The Kier molecular flexibility index (Phi) is 4.82. The molecule has 1 amide bonds. The number of hydrogen-bond acceptors (Lipinski definition) is 6. The van der Waals surface area contributed by atoms with E-state index in [1.165, 1.54) is 6.92 Å². The van der Waals surface area contributed by atoms with Gasteiger partial charge in [-0.2, -0.15) is 0 Å². The molecule has 1 unspecified atom stereocenters. The van der Waals surface area contributed by atoms with Crippen LogP contribution in [0.4, 0.5) is 10.1 Å². The van der Waals surface area contributed by atoms with E-state index >= 15 is 0 Å². The van der Waals surface area contributed by atoms with Crippen LogP contribution < -0.4 is 5.32 Å². The molecular formula is C12H10Cl2FN3O4. The zero-order valence-electron chi connectivity index (χ0n) is 11.4. The molecule has 118 valence electrons. The second kappa shape index (κ2) is 6.45. The first-order valence-corrected chi connectivity index (χ1v) is 6.73. The maximum atomic E-state index is 14.5. The number of esters is 1. The lowest BCUT2D eigenvalue weighted by atomic mass is 10.1. The van der Waals surface area contributed by atoms with Gasteiger partial charge in [-0.15, -0.1) is 0 Å². The van der Waals surface area contributed by atoms with Crippen LogP contribution in [0.3, 0.4) is 0 Å². The number of nitrogens with one attached hydrogen (secondary N) is 1. The normalized spacial score (nSPS) is 16.8. The number of anilines is 1. The van der Waals surface area contributed by atoms with Gasteiger partial charge in [0, 0.05) is 13.3 Å². The van der Waals surface area contributed by atoms with E-state index in [9.17, 15) is 14.0 Å². The highest BCUT2D eigenvalue weighted by atomic mass is 35.5. The minimum atomic E-state index is -0.931. The average molecular weight is 350 g/mol. The third-order valence-corrected chi connectivity index (χ3v) is 3.31. The van der Waals surface area contributed by atoms with Crippen LogP contribution in [0.5, 0.6) is 0 Å². The fraction of sp³-hybridized carbons (Fsp3) is 0.333. The smallest absolute Gasteiger partial charge is 0.358 e. The molecule has 7 nitrogen and oxygen atoms in total. The highest BCUT2D eigenvalue weighted by Crippen LogP contribution is 2.36. The zero-order valence-corrected chi connectivity index (χ0v) is 13.0. The number of halogens is 3. The van der Waals surface area contributed by atoms with Crippen LogP contribution in [0.1, 0.15) is 35.6 Å². The second-order valence-electron chi connectivity index (χ2n) is 4.29. The van der Waals surface area contributed by atoms with Crippen LogP contribution in [-0.2, 0) is 14.4 Å². The molecule has 1 aliphatic rings. The van der Waals surface area contributed by atoms with Crippen LogP contribution in [0.25, 0.3) is 0 Å². The summed E-state index contributed by atoms with van der Waals surface area (Å²) in [5.41, 5.74) is -0.991. The first-order valence-electron chi connectivity index (χ1n) is 5.98. The largest absolute Gasteiger partial charge is 0.464 e. The summed E-state index contributed by atoms with van der Waals surface area (Å²) in [7, 11) is 1.12. The van der Waals surface area contributed by atoms with Crippen LogP contribution >= 0.6 is 23.2 Å². The quantitative estimate of drug-likeness (QED) is 0.847. The van der Waals surface area contributed by atoms with Gasteiger partial charge < -0.3 is 14.9 Å². The van der Waals surface area contributed by atoms with Crippen LogP contribution in [-0.4, -0.2) is 29.1 Å². The molecule has 1 aromatic heterocycles. The van der Waals surface area contributed by atoms with Gasteiger partial charge in [0.15, 0.2) is 17.6 Å². The van der Waals surface area contributed by atoms with Crippen molar-refractivity contribution in [1.29, 1.82) is 0 Å². The molecule has 1 N–H and O–H groups in total. The molecule has 0 bridgehead atoms. The third-order valence-electron chi connectivity index (χ3n) is 2.72. The van der Waals surface area contributed by atoms with Gasteiger partial charge in [-0.05, 0) is 0 Å². The molecule has 2 rings (SSSR count). The second-order valence-corrected chi connectivity index (χ2v) is 5.10. The topological polar surface area (TPSA) is 89.9 Å². The van der Waals surface area contributed by atoms with Gasteiger partial charge in [0.25, 0.3) is 0 Å². The lowest BCUT2D eigenvalue weighted by molar-refractivity contribution is -0.114. The molecule has 10 heteroatoms. The molecule has 1 aliphatic heterocycles. The van der Waals surface area contributed by atoms with Crippen molar-refractivity contribution < 1.29 is 23.6 Å². The zero-order chi connectivity index (χ0) is 16.4. The summed E-state index contributed by atoms with van der Waals surface area (Å²) in [4.78, 5) is 31.7. The van der Waals surface area contributed by atoms with E-state index in [-0.39, 0.29) is 33.7 Å². The van der Waals surface area contributed by atoms with Gasteiger partial charge >= 0.3 is 5.97 Å². The Morgan fingerprint density at radius 1 is 1.45 bits per heavy atom. The molecule has 0 spiro atoms. The molecule has 0 saturated carbocycles. The maximum absolute atomic E-state index is 14.5. The Balaban J connectivity index is 2.57. The number of carbonyl (C=O) groups is 2. The minimum absolute atomic E-state index is 0.0766. The van der Waals surface area contributed by atoms with Crippen LogP contribution in [0, 0.1) is 5.82 Å². The lowest BCUT2D eigenvalue weighted by Crippen LogP contribution is -2.17. The van der Waals surface area contributed by atoms with Gasteiger partial charge in [0.05, 0.1) is 7.11 Å². The number of ether oxygens (including phenoxy) is 1. The van der Waals surface area contributed by atoms with Gasteiger partial charge in [-0.25, -0.2) is 14.2 Å². The summed E-state index contributed by atoms with van der Waals surface area (Å²) in [5, 5.41) is 5.46. The summed E-state index contributed by atoms with van der Waals surface area (Å²) in [5.74, 6) is -2.39. The summed E-state index contributed by atoms with van der Waals surface area (Å²) < 4.78 is 19.1. The highest BCUT2D eigenvalue weighted by Gasteiger charge is 2.32. The molecule has 1 atom stereocenters. The number of rotatable bonds is 3. The number of carbonyl (C=O) groups excluding carboxylic acids is 2. The van der Waals surface area contributed by atoms with Crippen molar-refractivity contribution in [2.45, 2.75) is 19.4 Å². The van der Waals surface area contributed by atoms with Crippen LogP contribution in [0.15, 0.2) is 5.16 Å². The van der Waals surface area contributed by atoms with E-state index < -0.39 is 23.8 Å². The van der Waals surface area contributed by atoms with Crippen molar-refractivity contribution in [3.63, 3.8) is 0 Å². The van der Waals surface area contributed by atoms with Gasteiger partial charge in [0.2, 0.25) is 5.91 Å². The van der Waals surface area contributed by atoms with Crippen LogP contribution in [0.2, 0.25) is 5.02 Å². The molecule has 0 radical (unpaired) electrons.